The van der Waals surface area contributed by atoms with E-state index in [9.17, 15) is 5.26 Å². The van der Waals surface area contributed by atoms with Gasteiger partial charge in [0.25, 0.3) is 0 Å². The van der Waals surface area contributed by atoms with Gasteiger partial charge in [0, 0.05) is 11.8 Å². The molecule has 31 heavy (non-hydrogen) atoms. The molecule has 0 aliphatic carbocycles. The van der Waals surface area contributed by atoms with E-state index in [0.29, 0.717) is 23.7 Å². The van der Waals surface area contributed by atoms with Gasteiger partial charge >= 0.3 is 0 Å². The molecule has 1 aromatic carbocycles. The van der Waals surface area contributed by atoms with Crippen LogP contribution in [0.25, 0.3) is 0 Å². The normalized spacial score (nSPS) is 14.3. The van der Waals surface area contributed by atoms with Crippen LogP contribution in [0.1, 0.15) is 28.4 Å². The Kier molecular flexibility index (Phi) is 5.20. The fraction of sp³-hybridized carbons (Fsp3) is 0.0952. The van der Waals surface area contributed by atoms with Crippen LogP contribution in [0.5, 0.6) is 5.75 Å². The summed E-state index contributed by atoms with van der Waals surface area (Å²) in [6.07, 6.45) is 3.53. The predicted octanol–water partition coefficient (Wildman–Crippen LogP) is 2.03. The number of benzene rings is 1. The SMILES string of the molecule is N#CNC1=NC(c2cccc(OCc3ccccn3)c2)c2c(nc(N)c(C#N)c2N)N1. The number of ether oxygens (including phenoxy) is 1. The Morgan fingerprint density at radius 1 is 1.16 bits per heavy atom. The van der Waals surface area contributed by atoms with Crippen LogP contribution in [0.15, 0.2) is 53.7 Å². The Hall–Kier alpha value is -4.83. The molecule has 0 saturated carbocycles. The van der Waals surface area contributed by atoms with E-state index in [4.69, 9.17) is 21.5 Å². The minimum absolute atomic E-state index is 0.00403. The summed E-state index contributed by atoms with van der Waals surface area (Å²) in [5.74, 6) is 1.12. The molecule has 4 rings (SSSR count). The molecule has 152 valence electrons. The largest absolute Gasteiger partial charge is 0.487 e. The molecule has 1 unspecified atom stereocenters. The first kappa shape index (κ1) is 19.5. The first-order valence-electron chi connectivity index (χ1n) is 9.22. The maximum Gasteiger partial charge on any atom is 0.211 e. The first-order valence-corrected chi connectivity index (χ1v) is 9.22. The van der Waals surface area contributed by atoms with Crippen molar-refractivity contribution < 1.29 is 4.74 Å². The summed E-state index contributed by atoms with van der Waals surface area (Å²) in [6.45, 7) is 0.302. The Morgan fingerprint density at radius 3 is 2.77 bits per heavy atom. The summed E-state index contributed by atoms with van der Waals surface area (Å²) in [4.78, 5) is 13.0. The number of pyridine rings is 2. The van der Waals surface area contributed by atoms with Crippen LogP contribution >= 0.6 is 0 Å². The van der Waals surface area contributed by atoms with Crippen LogP contribution < -0.4 is 26.8 Å². The second kappa shape index (κ2) is 8.27. The molecule has 0 amide bonds. The lowest BCUT2D eigenvalue weighted by atomic mass is 9.95. The summed E-state index contributed by atoms with van der Waals surface area (Å²) in [6, 6.07) is 14.3. The highest BCUT2D eigenvalue weighted by atomic mass is 16.5. The summed E-state index contributed by atoms with van der Waals surface area (Å²) in [5, 5.41) is 23.8. The van der Waals surface area contributed by atoms with Gasteiger partial charge in [-0.1, -0.05) is 18.2 Å². The molecule has 0 radical (unpaired) electrons. The van der Waals surface area contributed by atoms with E-state index in [1.165, 1.54) is 0 Å². The third-order valence-electron chi connectivity index (χ3n) is 4.64. The van der Waals surface area contributed by atoms with Gasteiger partial charge in [0.2, 0.25) is 5.96 Å². The molecular weight excluding hydrogens is 394 g/mol. The van der Waals surface area contributed by atoms with Gasteiger partial charge in [0.1, 0.15) is 41.7 Å². The molecule has 3 aromatic rings. The fourth-order valence-electron chi connectivity index (χ4n) is 3.24. The van der Waals surface area contributed by atoms with Crippen LogP contribution in [-0.2, 0) is 6.61 Å². The third kappa shape index (κ3) is 3.86. The van der Waals surface area contributed by atoms with Gasteiger partial charge in [-0.2, -0.15) is 10.5 Å². The van der Waals surface area contributed by atoms with Crippen LogP contribution in [0, 0.1) is 22.8 Å². The van der Waals surface area contributed by atoms with Crippen molar-refractivity contribution in [2.75, 3.05) is 16.8 Å². The highest BCUT2D eigenvalue weighted by molar-refractivity contribution is 5.98. The average molecular weight is 411 g/mol. The molecule has 6 N–H and O–H groups in total. The van der Waals surface area contributed by atoms with Crippen LogP contribution in [0.4, 0.5) is 17.3 Å². The number of anilines is 3. The highest BCUT2D eigenvalue weighted by Crippen LogP contribution is 2.41. The molecule has 2 aromatic heterocycles. The summed E-state index contributed by atoms with van der Waals surface area (Å²) in [7, 11) is 0. The number of nitrogens with two attached hydrogens (primary N) is 2. The number of nitrogens with zero attached hydrogens (tertiary/aromatic N) is 5. The van der Waals surface area contributed by atoms with Gasteiger partial charge in [-0.25, -0.2) is 9.98 Å². The van der Waals surface area contributed by atoms with Gasteiger partial charge in [0.15, 0.2) is 6.19 Å². The second-order valence-corrected chi connectivity index (χ2v) is 6.58. The molecule has 1 atom stereocenters. The number of guanidine groups is 1. The minimum atomic E-state index is -0.634. The second-order valence-electron chi connectivity index (χ2n) is 6.58. The Labute approximate surface area is 177 Å². The van der Waals surface area contributed by atoms with E-state index in [-0.39, 0.29) is 23.0 Å². The lowest BCUT2D eigenvalue weighted by molar-refractivity contribution is 0.301. The predicted molar refractivity (Wildman–Crippen MR) is 114 cm³/mol. The van der Waals surface area contributed by atoms with Crippen molar-refractivity contribution in [1.29, 1.82) is 10.5 Å². The number of fused-ring (bicyclic) bond motifs is 1. The number of aromatic nitrogens is 2. The number of hydrogen-bond donors (Lipinski definition) is 4. The van der Waals surface area contributed by atoms with E-state index in [1.54, 1.807) is 6.20 Å². The van der Waals surface area contributed by atoms with E-state index < -0.39 is 6.04 Å². The monoisotopic (exact) mass is 411 g/mol. The topological polar surface area (TPSA) is 171 Å². The average Bonchev–Trinajstić information content (AvgIpc) is 2.78. The number of aliphatic imine (C=N–C) groups is 1. The van der Waals surface area contributed by atoms with Crippen molar-refractivity contribution in [2.24, 2.45) is 4.99 Å². The standard InChI is InChI=1S/C21H17N9O/c22-9-15-17(24)16-18(28-21(27-11-23)30-20(16)29-19(15)25)12-4-3-6-14(8-12)31-10-13-5-1-2-7-26-13/h1-8,18H,10H2,(H6,24,25,27,28,29,30). The zero-order valence-corrected chi connectivity index (χ0v) is 16.2. The van der Waals surface area contributed by atoms with Crippen molar-refractivity contribution in [3.8, 4) is 18.0 Å². The van der Waals surface area contributed by atoms with Crippen molar-refractivity contribution in [3.63, 3.8) is 0 Å². The number of rotatable bonds is 4. The third-order valence-corrected chi connectivity index (χ3v) is 4.64. The summed E-state index contributed by atoms with van der Waals surface area (Å²) in [5.41, 5.74) is 14.4. The van der Waals surface area contributed by atoms with Crippen LogP contribution in [0.3, 0.4) is 0 Å². The quantitative estimate of drug-likeness (QED) is 0.370. The molecule has 1 aliphatic heterocycles. The van der Waals surface area contributed by atoms with Crippen molar-refractivity contribution >= 4 is 23.3 Å². The van der Waals surface area contributed by atoms with Crippen LogP contribution in [0.2, 0.25) is 0 Å². The van der Waals surface area contributed by atoms with Crippen molar-refractivity contribution in [1.82, 2.24) is 15.3 Å². The Bertz CT molecular complexity index is 1240. The number of nitrogen functional groups attached to an aromatic ring is 2. The summed E-state index contributed by atoms with van der Waals surface area (Å²) >= 11 is 0. The van der Waals surface area contributed by atoms with E-state index in [0.717, 1.165) is 11.3 Å². The zero-order valence-electron chi connectivity index (χ0n) is 16.2. The lowest BCUT2D eigenvalue weighted by Gasteiger charge is -2.26. The van der Waals surface area contributed by atoms with Gasteiger partial charge in [-0.15, -0.1) is 0 Å². The molecule has 0 bridgehead atoms. The smallest absolute Gasteiger partial charge is 0.211 e. The highest BCUT2D eigenvalue weighted by Gasteiger charge is 2.29. The number of hydrogen-bond acceptors (Lipinski definition) is 10. The molecule has 0 spiro atoms. The maximum absolute atomic E-state index is 9.43. The molecule has 1 aliphatic rings. The molecule has 3 heterocycles. The number of nitriles is 2. The lowest BCUT2D eigenvalue weighted by Crippen LogP contribution is -2.32. The van der Waals surface area contributed by atoms with Gasteiger partial charge in [0.05, 0.1) is 11.4 Å². The van der Waals surface area contributed by atoms with Gasteiger partial charge in [-0.05, 0) is 29.8 Å². The van der Waals surface area contributed by atoms with Crippen molar-refractivity contribution in [3.05, 3.63) is 71.0 Å². The first-order chi connectivity index (χ1) is 15.1. The van der Waals surface area contributed by atoms with Crippen LogP contribution in [-0.4, -0.2) is 15.9 Å². The van der Waals surface area contributed by atoms with E-state index >= 15 is 0 Å². The molecule has 10 heteroatoms. The van der Waals surface area contributed by atoms with E-state index in [2.05, 4.69) is 25.6 Å². The van der Waals surface area contributed by atoms with Crippen molar-refractivity contribution in [2.45, 2.75) is 12.6 Å². The van der Waals surface area contributed by atoms with Gasteiger partial charge in [-0.3, -0.25) is 10.3 Å². The molecule has 0 fully saturated rings. The number of nitrogens with one attached hydrogen (secondary N) is 2. The minimum Gasteiger partial charge on any atom is -0.487 e. The molecular formula is C21H17N9O. The summed E-state index contributed by atoms with van der Waals surface area (Å²) < 4.78 is 5.87. The maximum atomic E-state index is 9.43. The molecule has 10 nitrogen and oxygen atoms in total. The zero-order chi connectivity index (χ0) is 21.8. The van der Waals surface area contributed by atoms with E-state index in [1.807, 2.05) is 54.7 Å². The Balaban J connectivity index is 1.73. The Morgan fingerprint density at radius 2 is 2.03 bits per heavy atom. The fourth-order valence-corrected chi connectivity index (χ4v) is 3.24. The van der Waals surface area contributed by atoms with Gasteiger partial charge < -0.3 is 21.5 Å². The molecule has 0 saturated heterocycles.